The van der Waals surface area contributed by atoms with Crippen molar-refractivity contribution in [3.8, 4) is 0 Å². The Morgan fingerprint density at radius 3 is 2.70 bits per heavy atom. The van der Waals surface area contributed by atoms with Crippen molar-refractivity contribution in [2.75, 3.05) is 14.1 Å². The summed E-state index contributed by atoms with van der Waals surface area (Å²) in [5.41, 5.74) is 0. The SMILES string of the molecule is CN(Cc1cccs1)C(=O)[C@@H]1CCC(=O)N(C)[C@H]1c1cccs1. The Labute approximate surface area is 144 Å². The third-order valence-corrected chi connectivity index (χ3v) is 6.17. The lowest BCUT2D eigenvalue weighted by molar-refractivity contribution is -0.146. The van der Waals surface area contributed by atoms with Crippen LogP contribution in [0.25, 0.3) is 0 Å². The average Bonchev–Trinajstić information content (AvgIpc) is 3.22. The molecule has 4 nitrogen and oxygen atoms in total. The quantitative estimate of drug-likeness (QED) is 0.850. The van der Waals surface area contributed by atoms with Gasteiger partial charge in [-0.3, -0.25) is 9.59 Å². The molecule has 2 amide bonds. The minimum absolute atomic E-state index is 0.119. The molecule has 6 heteroatoms. The first-order valence-electron chi connectivity index (χ1n) is 7.64. The number of hydrogen-bond acceptors (Lipinski definition) is 4. The van der Waals surface area contributed by atoms with Gasteiger partial charge in [-0.25, -0.2) is 0 Å². The summed E-state index contributed by atoms with van der Waals surface area (Å²) in [5, 5.41) is 4.02. The number of amides is 2. The maximum Gasteiger partial charge on any atom is 0.228 e. The van der Waals surface area contributed by atoms with Gasteiger partial charge in [-0.1, -0.05) is 12.1 Å². The Hall–Kier alpha value is -1.66. The van der Waals surface area contributed by atoms with E-state index in [1.165, 1.54) is 4.88 Å². The number of carbonyl (C=O) groups is 2. The summed E-state index contributed by atoms with van der Waals surface area (Å²) in [5.74, 6) is 0.0748. The summed E-state index contributed by atoms with van der Waals surface area (Å²) in [6.07, 6.45) is 1.07. The van der Waals surface area contributed by atoms with Crippen LogP contribution in [0.1, 0.15) is 28.6 Å². The number of carbonyl (C=O) groups excluding carboxylic acids is 2. The van der Waals surface area contributed by atoms with Crippen LogP contribution < -0.4 is 0 Å². The number of nitrogens with zero attached hydrogens (tertiary/aromatic N) is 2. The number of likely N-dealkylation sites (tertiary alicyclic amines) is 1. The highest BCUT2D eigenvalue weighted by molar-refractivity contribution is 7.10. The third kappa shape index (κ3) is 3.33. The van der Waals surface area contributed by atoms with E-state index in [1.807, 2.05) is 49.1 Å². The fraction of sp³-hybridized carbons (Fsp3) is 0.412. The van der Waals surface area contributed by atoms with Crippen LogP contribution in [0.4, 0.5) is 0 Å². The molecule has 122 valence electrons. The largest absolute Gasteiger partial charge is 0.340 e. The van der Waals surface area contributed by atoms with Crippen LogP contribution in [0.3, 0.4) is 0 Å². The molecule has 1 fully saturated rings. The van der Waals surface area contributed by atoms with Crippen LogP contribution in [0.15, 0.2) is 35.0 Å². The summed E-state index contributed by atoms with van der Waals surface area (Å²) in [6, 6.07) is 7.89. The number of thiophene rings is 2. The topological polar surface area (TPSA) is 40.6 Å². The number of piperidine rings is 1. The van der Waals surface area contributed by atoms with Crippen molar-refractivity contribution < 1.29 is 9.59 Å². The Kier molecular flexibility index (Phi) is 4.82. The molecule has 0 aromatic carbocycles. The van der Waals surface area contributed by atoms with Gasteiger partial charge >= 0.3 is 0 Å². The van der Waals surface area contributed by atoms with Crippen molar-refractivity contribution in [2.45, 2.75) is 25.4 Å². The molecule has 2 atom stereocenters. The van der Waals surface area contributed by atoms with Gasteiger partial charge in [0.15, 0.2) is 0 Å². The van der Waals surface area contributed by atoms with Crippen LogP contribution in [-0.4, -0.2) is 35.7 Å². The van der Waals surface area contributed by atoms with Gasteiger partial charge in [-0.05, 0) is 29.3 Å². The first-order valence-corrected chi connectivity index (χ1v) is 9.40. The molecule has 0 spiro atoms. The van der Waals surface area contributed by atoms with Gasteiger partial charge < -0.3 is 9.80 Å². The normalized spacial score (nSPS) is 21.5. The van der Waals surface area contributed by atoms with Crippen molar-refractivity contribution in [2.24, 2.45) is 5.92 Å². The molecule has 3 rings (SSSR count). The molecule has 2 aromatic heterocycles. The Morgan fingerprint density at radius 1 is 1.30 bits per heavy atom. The molecule has 3 heterocycles. The van der Waals surface area contributed by atoms with Crippen molar-refractivity contribution in [1.29, 1.82) is 0 Å². The van der Waals surface area contributed by atoms with Gasteiger partial charge in [0.25, 0.3) is 0 Å². The van der Waals surface area contributed by atoms with Gasteiger partial charge in [0, 0.05) is 30.3 Å². The molecule has 0 aliphatic carbocycles. The van der Waals surface area contributed by atoms with E-state index in [9.17, 15) is 9.59 Å². The van der Waals surface area contributed by atoms with E-state index in [0.29, 0.717) is 19.4 Å². The van der Waals surface area contributed by atoms with Crippen molar-refractivity contribution in [3.05, 3.63) is 44.8 Å². The van der Waals surface area contributed by atoms with Gasteiger partial charge in [-0.15, -0.1) is 22.7 Å². The first kappa shape index (κ1) is 16.2. The van der Waals surface area contributed by atoms with Crippen molar-refractivity contribution in [3.63, 3.8) is 0 Å². The maximum absolute atomic E-state index is 13.0. The lowest BCUT2D eigenvalue weighted by Gasteiger charge is -2.39. The summed E-state index contributed by atoms with van der Waals surface area (Å²) in [4.78, 5) is 30.9. The second-order valence-electron chi connectivity index (χ2n) is 5.88. The lowest BCUT2D eigenvalue weighted by Crippen LogP contribution is -2.46. The number of hydrogen-bond donors (Lipinski definition) is 0. The Balaban J connectivity index is 1.80. The van der Waals surface area contributed by atoms with E-state index in [2.05, 4.69) is 0 Å². The van der Waals surface area contributed by atoms with Crippen LogP contribution >= 0.6 is 22.7 Å². The summed E-state index contributed by atoms with van der Waals surface area (Å²) in [6.45, 7) is 0.627. The molecule has 2 aromatic rings. The minimum Gasteiger partial charge on any atom is -0.340 e. The van der Waals surface area contributed by atoms with Crippen molar-refractivity contribution in [1.82, 2.24) is 9.80 Å². The predicted molar refractivity (Wildman–Crippen MR) is 93.3 cm³/mol. The van der Waals surface area contributed by atoms with Gasteiger partial charge in [0.05, 0.1) is 18.5 Å². The second kappa shape index (κ2) is 6.84. The van der Waals surface area contributed by atoms with Crippen LogP contribution in [0.2, 0.25) is 0 Å². The van der Waals surface area contributed by atoms with Gasteiger partial charge in [0.1, 0.15) is 0 Å². The molecule has 0 N–H and O–H groups in total. The minimum atomic E-state index is -0.165. The summed E-state index contributed by atoms with van der Waals surface area (Å²) in [7, 11) is 3.66. The van der Waals surface area contributed by atoms with E-state index in [0.717, 1.165) is 4.88 Å². The summed E-state index contributed by atoms with van der Waals surface area (Å²) < 4.78 is 0. The van der Waals surface area contributed by atoms with Gasteiger partial charge in [0.2, 0.25) is 11.8 Å². The van der Waals surface area contributed by atoms with Gasteiger partial charge in [-0.2, -0.15) is 0 Å². The Bertz CT molecular complexity index is 667. The van der Waals surface area contributed by atoms with Crippen LogP contribution in [-0.2, 0) is 16.1 Å². The fourth-order valence-electron chi connectivity index (χ4n) is 3.14. The molecule has 1 aliphatic rings. The zero-order valence-corrected chi connectivity index (χ0v) is 14.9. The predicted octanol–water partition coefficient (Wildman–Crippen LogP) is 3.38. The zero-order chi connectivity index (χ0) is 16.4. The lowest BCUT2D eigenvalue weighted by atomic mass is 9.87. The van der Waals surface area contributed by atoms with Crippen molar-refractivity contribution >= 4 is 34.5 Å². The highest BCUT2D eigenvalue weighted by Gasteiger charge is 2.40. The number of rotatable bonds is 4. The second-order valence-corrected chi connectivity index (χ2v) is 7.90. The smallest absolute Gasteiger partial charge is 0.228 e. The van der Waals surface area contributed by atoms with E-state index >= 15 is 0 Å². The standard InChI is InChI=1S/C17H20N2O2S2/c1-18(11-12-5-3-9-22-12)17(21)13-7-8-15(20)19(2)16(13)14-6-4-10-23-14/h3-6,9-10,13,16H,7-8,11H2,1-2H3/t13-,16-/m1/s1. The maximum atomic E-state index is 13.0. The van der Waals surface area contributed by atoms with E-state index in [-0.39, 0.29) is 23.8 Å². The average molecular weight is 348 g/mol. The molecular weight excluding hydrogens is 328 g/mol. The van der Waals surface area contributed by atoms with Crippen LogP contribution in [0.5, 0.6) is 0 Å². The molecule has 0 saturated carbocycles. The molecule has 1 saturated heterocycles. The molecule has 0 bridgehead atoms. The van der Waals surface area contributed by atoms with E-state index in [1.54, 1.807) is 32.5 Å². The van der Waals surface area contributed by atoms with E-state index < -0.39 is 0 Å². The molecule has 1 aliphatic heterocycles. The molecule has 0 unspecified atom stereocenters. The molecule has 23 heavy (non-hydrogen) atoms. The fourth-order valence-corrected chi connectivity index (χ4v) is 4.83. The van der Waals surface area contributed by atoms with E-state index in [4.69, 9.17) is 0 Å². The first-order chi connectivity index (χ1) is 11.1. The third-order valence-electron chi connectivity index (χ3n) is 4.36. The Morgan fingerprint density at radius 2 is 2.04 bits per heavy atom. The summed E-state index contributed by atoms with van der Waals surface area (Å²) >= 11 is 3.27. The monoisotopic (exact) mass is 348 g/mol. The zero-order valence-electron chi connectivity index (χ0n) is 13.3. The molecular formula is C17H20N2O2S2. The molecule has 0 radical (unpaired) electrons. The van der Waals surface area contributed by atoms with Crippen LogP contribution in [0, 0.1) is 5.92 Å². The highest BCUT2D eigenvalue weighted by Crippen LogP contribution is 2.38. The highest BCUT2D eigenvalue weighted by atomic mass is 32.1.